The number of pyridine rings is 2. The smallest absolute Gasteiger partial charge is 0.255 e. The number of anilines is 2. The van der Waals surface area contributed by atoms with Crippen molar-refractivity contribution in [1.82, 2.24) is 9.97 Å². The van der Waals surface area contributed by atoms with Crippen molar-refractivity contribution >= 4 is 17.4 Å². The van der Waals surface area contributed by atoms with E-state index in [1.807, 2.05) is 13.0 Å². The van der Waals surface area contributed by atoms with Crippen LogP contribution in [0.3, 0.4) is 0 Å². The summed E-state index contributed by atoms with van der Waals surface area (Å²) < 4.78 is 0. The van der Waals surface area contributed by atoms with Crippen LogP contribution in [0.15, 0.2) is 36.8 Å². The second-order valence-electron chi connectivity index (χ2n) is 3.72. The second-order valence-corrected chi connectivity index (χ2v) is 3.72. The molecular weight excluding hydrogens is 230 g/mol. The fourth-order valence-corrected chi connectivity index (χ4v) is 1.44. The monoisotopic (exact) mass is 243 g/mol. The van der Waals surface area contributed by atoms with Gasteiger partial charge in [-0.1, -0.05) is 0 Å². The number of nitrogens with zero attached hydrogens (tertiary/aromatic N) is 2. The number of hydrogen-bond acceptors (Lipinski definition) is 5. The molecule has 0 radical (unpaired) electrons. The summed E-state index contributed by atoms with van der Waals surface area (Å²) in [4.78, 5) is 19.9. The summed E-state index contributed by atoms with van der Waals surface area (Å²) >= 11 is 0. The SMILES string of the molecule is Cc1ccncc1NC(=O)c1ccnc(NN)c1. The molecule has 0 bridgehead atoms. The van der Waals surface area contributed by atoms with Crippen LogP contribution in [0.1, 0.15) is 15.9 Å². The number of nitrogen functional groups attached to an aromatic ring is 1. The maximum absolute atomic E-state index is 12.0. The quantitative estimate of drug-likeness (QED) is 0.558. The molecule has 18 heavy (non-hydrogen) atoms. The molecule has 0 aliphatic carbocycles. The van der Waals surface area contributed by atoms with E-state index in [2.05, 4.69) is 20.7 Å². The van der Waals surface area contributed by atoms with Crippen LogP contribution in [-0.4, -0.2) is 15.9 Å². The van der Waals surface area contributed by atoms with Gasteiger partial charge in [0.05, 0.1) is 11.9 Å². The van der Waals surface area contributed by atoms with Crippen molar-refractivity contribution in [2.45, 2.75) is 6.92 Å². The minimum absolute atomic E-state index is 0.231. The number of aromatic nitrogens is 2. The molecule has 2 heterocycles. The molecule has 2 rings (SSSR count). The largest absolute Gasteiger partial charge is 0.320 e. The van der Waals surface area contributed by atoms with E-state index in [0.29, 0.717) is 17.1 Å². The Morgan fingerprint density at radius 1 is 1.33 bits per heavy atom. The molecule has 0 aliphatic rings. The normalized spacial score (nSPS) is 9.89. The van der Waals surface area contributed by atoms with Crippen molar-refractivity contribution < 1.29 is 4.79 Å². The molecule has 0 atom stereocenters. The number of nitrogens with two attached hydrogens (primary N) is 1. The first-order valence-electron chi connectivity index (χ1n) is 5.35. The molecule has 4 N–H and O–H groups in total. The van der Waals surface area contributed by atoms with Crippen molar-refractivity contribution in [2.24, 2.45) is 5.84 Å². The number of carbonyl (C=O) groups excluding carboxylic acids is 1. The summed E-state index contributed by atoms with van der Waals surface area (Å²) in [6, 6.07) is 5.01. The molecule has 6 nitrogen and oxygen atoms in total. The number of hydrogen-bond donors (Lipinski definition) is 3. The summed E-state index contributed by atoms with van der Waals surface area (Å²) in [7, 11) is 0. The van der Waals surface area contributed by atoms with Gasteiger partial charge in [0, 0.05) is 18.0 Å². The Morgan fingerprint density at radius 3 is 2.89 bits per heavy atom. The lowest BCUT2D eigenvalue weighted by atomic mass is 10.2. The van der Waals surface area contributed by atoms with Crippen LogP contribution in [0.5, 0.6) is 0 Å². The van der Waals surface area contributed by atoms with E-state index in [-0.39, 0.29) is 5.91 Å². The molecule has 0 spiro atoms. The molecule has 1 amide bonds. The number of carbonyl (C=O) groups is 1. The Kier molecular flexibility index (Phi) is 3.49. The van der Waals surface area contributed by atoms with Gasteiger partial charge < -0.3 is 10.7 Å². The van der Waals surface area contributed by atoms with Crippen LogP contribution in [0.2, 0.25) is 0 Å². The van der Waals surface area contributed by atoms with E-state index in [1.54, 1.807) is 24.5 Å². The Morgan fingerprint density at radius 2 is 2.17 bits per heavy atom. The summed E-state index contributed by atoms with van der Waals surface area (Å²) in [5.74, 6) is 5.45. The highest BCUT2D eigenvalue weighted by Gasteiger charge is 2.08. The minimum Gasteiger partial charge on any atom is -0.320 e. The Bertz CT molecular complexity index is 570. The second kappa shape index (κ2) is 5.24. The van der Waals surface area contributed by atoms with Crippen molar-refractivity contribution in [2.75, 3.05) is 10.7 Å². The van der Waals surface area contributed by atoms with Crippen molar-refractivity contribution in [3.05, 3.63) is 47.9 Å². The third kappa shape index (κ3) is 2.61. The van der Waals surface area contributed by atoms with Gasteiger partial charge in [-0.15, -0.1) is 0 Å². The first-order chi connectivity index (χ1) is 8.70. The number of amides is 1. The first-order valence-corrected chi connectivity index (χ1v) is 5.35. The Balaban J connectivity index is 2.19. The fraction of sp³-hybridized carbons (Fsp3) is 0.0833. The van der Waals surface area contributed by atoms with Gasteiger partial charge in [0.15, 0.2) is 0 Å². The van der Waals surface area contributed by atoms with Gasteiger partial charge in [-0.05, 0) is 30.7 Å². The molecule has 0 unspecified atom stereocenters. The van der Waals surface area contributed by atoms with Crippen molar-refractivity contribution in [1.29, 1.82) is 0 Å². The van der Waals surface area contributed by atoms with Gasteiger partial charge in [-0.2, -0.15) is 0 Å². The summed E-state index contributed by atoms with van der Waals surface area (Å²) in [5.41, 5.74) is 4.50. The molecule has 0 aliphatic heterocycles. The molecule has 92 valence electrons. The maximum Gasteiger partial charge on any atom is 0.255 e. The number of nitrogens with one attached hydrogen (secondary N) is 2. The Labute approximate surface area is 104 Å². The van der Waals surface area contributed by atoms with Gasteiger partial charge in [0.25, 0.3) is 5.91 Å². The van der Waals surface area contributed by atoms with Crippen molar-refractivity contribution in [3.63, 3.8) is 0 Å². The van der Waals surface area contributed by atoms with Gasteiger partial charge in [0.1, 0.15) is 5.82 Å². The van der Waals surface area contributed by atoms with Gasteiger partial charge in [0.2, 0.25) is 0 Å². The summed E-state index contributed by atoms with van der Waals surface area (Å²) in [5, 5.41) is 2.78. The molecule has 0 fully saturated rings. The lowest BCUT2D eigenvalue weighted by Crippen LogP contribution is -2.15. The molecule has 6 heteroatoms. The number of hydrazine groups is 1. The minimum atomic E-state index is -0.231. The summed E-state index contributed by atoms with van der Waals surface area (Å²) in [6.45, 7) is 1.90. The van der Waals surface area contributed by atoms with E-state index >= 15 is 0 Å². The van der Waals surface area contributed by atoms with Gasteiger partial charge in [-0.25, -0.2) is 10.8 Å². The molecule has 2 aromatic rings. The zero-order valence-corrected chi connectivity index (χ0v) is 9.84. The maximum atomic E-state index is 12.0. The van der Waals surface area contributed by atoms with E-state index in [4.69, 9.17) is 5.84 Å². The predicted molar refractivity (Wildman–Crippen MR) is 69.0 cm³/mol. The third-order valence-electron chi connectivity index (χ3n) is 2.46. The molecule has 2 aromatic heterocycles. The highest BCUT2D eigenvalue weighted by Crippen LogP contribution is 2.14. The lowest BCUT2D eigenvalue weighted by Gasteiger charge is -2.08. The fourth-order valence-electron chi connectivity index (χ4n) is 1.44. The van der Waals surface area contributed by atoms with Gasteiger partial charge in [-0.3, -0.25) is 9.78 Å². The average molecular weight is 243 g/mol. The first kappa shape index (κ1) is 12.0. The topological polar surface area (TPSA) is 92.9 Å². The molecule has 0 aromatic carbocycles. The van der Waals surface area contributed by atoms with Crippen LogP contribution < -0.4 is 16.6 Å². The van der Waals surface area contributed by atoms with Crippen LogP contribution in [0.25, 0.3) is 0 Å². The van der Waals surface area contributed by atoms with Gasteiger partial charge >= 0.3 is 0 Å². The van der Waals surface area contributed by atoms with E-state index in [9.17, 15) is 4.79 Å². The number of rotatable bonds is 3. The Hall–Kier alpha value is -2.47. The van der Waals surface area contributed by atoms with E-state index < -0.39 is 0 Å². The highest BCUT2D eigenvalue weighted by molar-refractivity contribution is 6.04. The number of aryl methyl sites for hydroxylation is 1. The predicted octanol–water partition coefficient (Wildman–Crippen LogP) is 1.32. The van der Waals surface area contributed by atoms with Crippen LogP contribution in [-0.2, 0) is 0 Å². The molecular formula is C12H13N5O. The van der Waals surface area contributed by atoms with E-state index in [1.165, 1.54) is 6.20 Å². The third-order valence-corrected chi connectivity index (χ3v) is 2.46. The lowest BCUT2D eigenvalue weighted by molar-refractivity contribution is 0.102. The zero-order chi connectivity index (χ0) is 13.0. The highest BCUT2D eigenvalue weighted by atomic mass is 16.1. The van der Waals surface area contributed by atoms with E-state index in [0.717, 1.165) is 5.56 Å². The standard InChI is InChI=1S/C12H13N5O/c1-8-2-4-14-7-10(8)16-12(18)9-3-5-15-11(6-9)17-13/h2-7H,13H2,1H3,(H,15,17)(H,16,18). The zero-order valence-electron chi connectivity index (χ0n) is 9.84. The van der Waals surface area contributed by atoms with Crippen molar-refractivity contribution in [3.8, 4) is 0 Å². The molecule has 0 saturated heterocycles. The van der Waals surface area contributed by atoms with Crippen LogP contribution in [0.4, 0.5) is 11.5 Å². The average Bonchev–Trinajstić information content (AvgIpc) is 2.41. The van der Waals surface area contributed by atoms with Crippen LogP contribution >= 0.6 is 0 Å². The molecule has 0 saturated carbocycles. The summed E-state index contributed by atoms with van der Waals surface area (Å²) in [6.07, 6.45) is 4.80. The van der Waals surface area contributed by atoms with Crippen LogP contribution in [0, 0.1) is 6.92 Å².